The Morgan fingerprint density at radius 2 is 1.84 bits per heavy atom. The minimum atomic E-state index is -1.09. The maximum Gasteiger partial charge on any atom is 0.166 e. The molecule has 1 saturated heterocycles. The number of rotatable bonds is 4. The van der Waals surface area contributed by atoms with Crippen LogP contribution in [0.1, 0.15) is 18.0 Å². The summed E-state index contributed by atoms with van der Waals surface area (Å²) in [4.78, 5) is 1.96. The van der Waals surface area contributed by atoms with Crippen LogP contribution in [0.5, 0.6) is 0 Å². The number of halogens is 3. The second-order valence-electron chi connectivity index (χ2n) is 4.58. The highest BCUT2D eigenvalue weighted by molar-refractivity contribution is 5.25. The smallest absolute Gasteiger partial charge is 0.166 e. The zero-order chi connectivity index (χ0) is 13.8. The molecule has 1 atom stereocenters. The molecule has 1 aromatic carbocycles. The van der Waals surface area contributed by atoms with Crippen molar-refractivity contribution in [1.82, 2.24) is 10.2 Å². The van der Waals surface area contributed by atoms with E-state index < -0.39 is 23.5 Å². The Labute approximate surface area is 110 Å². The van der Waals surface area contributed by atoms with Crippen molar-refractivity contribution in [3.8, 4) is 0 Å². The normalized spacial score (nSPS) is 18.3. The van der Waals surface area contributed by atoms with Crippen molar-refractivity contribution in [3.05, 3.63) is 47.8 Å². The Bertz CT molecular complexity index is 456. The number of benzene rings is 1. The third kappa shape index (κ3) is 2.98. The zero-order valence-corrected chi connectivity index (χ0v) is 10.6. The number of nitrogens with zero attached hydrogens (tertiary/aromatic N) is 1. The number of piperazine rings is 1. The van der Waals surface area contributed by atoms with Crippen molar-refractivity contribution in [3.63, 3.8) is 0 Å². The van der Waals surface area contributed by atoms with E-state index in [2.05, 4.69) is 11.9 Å². The molecule has 0 amide bonds. The van der Waals surface area contributed by atoms with Crippen molar-refractivity contribution in [1.29, 1.82) is 0 Å². The fourth-order valence-corrected chi connectivity index (χ4v) is 2.45. The van der Waals surface area contributed by atoms with E-state index in [1.165, 1.54) is 0 Å². The van der Waals surface area contributed by atoms with E-state index in [-0.39, 0.29) is 5.56 Å². The summed E-state index contributed by atoms with van der Waals surface area (Å²) in [6, 6.07) is 1.29. The second kappa shape index (κ2) is 6.21. The lowest BCUT2D eigenvalue weighted by Gasteiger charge is -2.35. The lowest BCUT2D eigenvalue weighted by Crippen LogP contribution is -2.45. The molecule has 1 aliphatic rings. The van der Waals surface area contributed by atoms with Crippen LogP contribution in [0.2, 0.25) is 0 Å². The first-order chi connectivity index (χ1) is 9.15. The van der Waals surface area contributed by atoms with Crippen molar-refractivity contribution in [2.45, 2.75) is 12.5 Å². The highest BCUT2D eigenvalue weighted by Gasteiger charge is 2.27. The molecular weight excluding hydrogens is 253 g/mol. The Kier molecular flexibility index (Phi) is 4.61. The summed E-state index contributed by atoms with van der Waals surface area (Å²) >= 11 is 0. The molecule has 1 fully saturated rings. The number of hydrogen-bond donors (Lipinski definition) is 1. The highest BCUT2D eigenvalue weighted by Crippen LogP contribution is 2.30. The predicted molar refractivity (Wildman–Crippen MR) is 68.3 cm³/mol. The van der Waals surface area contributed by atoms with Crippen LogP contribution < -0.4 is 5.32 Å². The molecule has 0 radical (unpaired) electrons. The van der Waals surface area contributed by atoms with E-state index in [9.17, 15) is 13.2 Å². The molecule has 1 aliphatic heterocycles. The molecule has 1 heterocycles. The minimum Gasteiger partial charge on any atom is -0.314 e. The summed E-state index contributed by atoms with van der Waals surface area (Å²) in [6.07, 6.45) is 1.99. The fourth-order valence-electron chi connectivity index (χ4n) is 2.45. The molecule has 5 heteroatoms. The van der Waals surface area contributed by atoms with E-state index in [1.807, 2.05) is 4.90 Å². The number of hydrogen-bond acceptors (Lipinski definition) is 2. The van der Waals surface area contributed by atoms with E-state index in [0.29, 0.717) is 19.5 Å². The van der Waals surface area contributed by atoms with Crippen molar-refractivity contribution >= 4 is 0 Å². The van der Waals surface area contributed by atoms with Gasteiger partial charge in [0, 0.05) is 37.8 Å². The molecule has 19 heavy (non-hydrogen) atoms. The summed E-state index contributed by atoms with van der Waals surface area (Å²) in [7, 11) is 0. The molecule has 0 saturated carbocycles. The molecule has 0 aromatic heterocycles. The zero-order valence-electron chi connectivity index (χ0n) is 10.6. The first-order valence-corrected chi connectivity index (χ1v) is 6.34. The third-order valence-corrected chi connectivity index (χ3v) is 3.39. The van der Waals surface area contributed by atoms with Crippen LogP contribution in [0, 0.1) is 17.5 Å². The quantitative estimate of drug-likeness (QED) is 0.668. The molecule has 0 unspecified atom stereocenters. The lowest BCUT2D eigenvalue weighted by molar-refractivity contribution is 0.167. The summed E-state index contributed by atoms with van der Waals surface area (Å²) in [6.45, 7) is 6.48. The average molecular weight is 270 g/mol. The molecule has 1 N–H and O–H groups in total. The van der Waals surface area contributed by atoms with E-state index in [4.69, 9.17) is 0 Å². The summed E-state index contributed by atoms with van der Waals surface area (Å²) in [5.41, 5.74) is -0.193. The van der Waals surface area contributed by atoms with Gasteiger partial charge in [-0.1, -0.05) is 6.08 Å². The Hall–Kier alpha value is -1.33. The topological polar surface area (TPSA) is 15.3 Å². The summed E-state index contributed by atoms with van der Waals surface area (Å²) in [5.74, 6) is -2.81. The van der Waals surface area contributed by atoms with Crippen LogP contribution in [0.3, 0.4) is 0 Å². The molecule has 2 nitrogen and oxygen atoms in total. The minimum absolute atomic E-state index is 0.193. The fraction of sp³-hybridized carbons (Fsp3) is 0.429. The standard InChI is InChI=1S/C14H17F3N2/c1-2-3-12(19-8-6-18-7-9-19)13-10(15)4-5-11(16)14(13)17/h2,4-5,12,18H,1,3,6-9H2/t12-/m0/s1. The van der Waals surface area contributed by atoms with Crippen molar-refractivity contribution < 1.29 is 13.2 Å². The summed E-state index contributed by atoms with van der Waals surface area (Å²) < 4.78 is 41.1. The van der Waals surface area contributed by atoms with Gasteiger partial charge in [-0.3, -0.25) is 4.90 Å². The molecule has 0 aliphatic carbocycles. The van der Waals surface area contributed by atoms with Gasteiger partial charge in [-0.25, -0.2) is 13.2 Å². The van der Waals surface area contributed by atoms with E-state index in [1.54, 1.807) is 6.08 Å². The van der Waals surface area contributed by atoms with Gasteiger partial charge in [-0.05, 0) is 18.6 Å². The average Bonchev–Trinajstić information content (AvgIpc) is 2.43. The summed E-state index contributed by atoms with van der Waals surface area (Å²) in [5, 5.41) is 3.17. The molecule has 0 spiro atoms. The van der Waals surface area contributed by atoms with E-state index >= 15 is 0 Å². The monoisotopic (exact) mass is 270 g/mol. The van der Waals surface area contributed by atoms with Crippen LogP contribution in [0.25, 0.3) is 0 Å². The van der Waals surface area contributed by atoms with Gasteiger partial charge in [0.15, 0.2) is 11.6 Å². The van der Waals surface area contributed by atoms with Gasteiger partial charge in [0.25, 0.3) is 0 Å². The van der Waals surface area contributed by atoms with Gasteiger partial charge in [0.2, 0.25) is 0 Å². The third-order valence-electron chi connectivity index (χ3n) is 3.39. The maximum atomic E-state index is 13.9. The van der Waals surface area contributed by atoms with Crippen LogP contribution in [0.15, 0.2) is 24.8 Å². The lowest BCUT2D eigenvalue weighted by atomic mass is 9.99. The Morgan fingerprint density at radius 1 is 1.21 bits per heavy atom. The molecule has 104 valence electrons. The maximum absolute atomic E-state index is 13.9. The van der Waals surface area contributed by atoms with Gasteiger partial charge in [0.05, 0.1) is 0 Å². The van der Waals surface area contributed by atoms with Crippen LogP contribution in [-0.2, 0) is 0 Å². The molecule has 2 rings (SSSR count). The second-order valence-corrected chi connectivity index (χ2v) is 4.58. The molecule has 1 aromatic rings. The Morgan fingerprint density at radius 3 is 2.47 bits per heavy atom. The van der Waals surface area contributed by atoms with Gasteiger partial charge in [-0.15, -0.1) is 6.58 Å². The van der Waals surface area contributed by atoms with Gasteiger partial charge >= 0.3 is 0 Å². The highest BCUT2D eigenvalue weighted by atomic mass is 19.2. The van der Waals surface area contributed by atoms with Gasteiger partial charge in [-0.2, -0.15) is 0 Å². The largest absolute Gasteiger partial charge is 0.314 e. The Balaban J connectivity index is 2.37. The van der Waals surface area contributed by atoms with Crippen LogP contribution in [-0.4, -0.2) is 31.1 Å². The van der Waals surface area contributed by atoms with E-state index in [0.717, 1.165) is 25.2 Å². The van der Waals surface area contributed by atoms with Gasteiger partial charge < -0.3 is 5.32 Å². The molecule has 0 bridgehead atoms. The first-order valence-electron chi connectivity index (χ1n) is 6.34. The van der Waals surface area contributed by atoms with Crippen molar-refractivity contribution in [2.75, 3.05) is 26.2 Å². The van der Waals surface area contributed by atoms with Crippen LogP contribution >= 0.6 is 0 Å². The number of nitrogens with one attached hydrogen (secondary N) is 1. The first kappa shape index (κ1) is 14.1. The molecular formula is C14H17F3N2. The van der Waals surface area contributed by atoms with Gasteiger partial charge in [0.1, 0.15) is 5.82 Å². The van der Waals surface area contributed by atoms with Crippen molar-refractivity contribution in [2.24, 2.45) is 0 Å². The SMILES string of the molecule is C=CC[C@@H](c1c(F)ccc(F)c1F)N1CCNCC1. The van der Waals surface area contributed by atoms with Crippen LogP contribution in [0.4, 0.5) is 13.2 Å². The predicted octanol–water partition coefficient (Wildman–Crippen LogP) is 2.63.